The first-order valence-corrected chi connectivity index (χ1v) is 7.47. The molecule has 1 aromatic rings. The van der Waals surface area contributed by atoms with Crippen molar-refractivity contribution >= 4 is 23.2 Å². The van der Waals surface area contributed by atoms with Crippen LogP contribution in [0.5, 0.6) is 0 Å². The molecule has 1 aromatic carbocycles. The topological polar surface area (TPSA) is 12.0 Å². The molecule has 1 N–H and O–H groups in total. The molecule has 100 valence electrons. The lowest BCUT2D eigenvalue weighted by molar-refractivity contribution is 0.245. The first-order chi connectivity index (χ1) is 8.61. The number of benzene rings is 1. The third-order valence-electron chi connectivity index (χ3n) is 4.08. The van der Waals surface area contributed by atoms with E-state index in [1.807, 2.05) is 19.2 Å². The maximum absolute atomic E-state index is 6.36. The van der Waals surface area contributed by atoms with Crippen LogP contribution in [0.2, 0.25) is 10.0 Å². The van der Waals surface area contributed by atoms with Crippen LogP contribution in [-0.2, 0) is 0 Å². The number of nitrogens with one attached hydrogen (secondary N) is 1. The van der Waals surface area contributed by atoms with Crippen molar-refractivity contribution < 1.29 is 0 Å². The van der Waals surface area contributed by atoms with Crippen molar-refractivity contribution in [2.75, 3.05) is 13.6 Å². The Labute approximate surface area is 120 Å². The van der Waals surface area contributed by atoms with Crippen LogP contribution in [0.3, 0.4) is 0 Å². The first-order valence-electron chi connectivity index (χ1n) is 6.71. The van der Waals surface area contributed by atoms with Crippen molar-refractivity contribution in [1.29, 1.82) is 0 Å². The molecule has 0 aromatic heterocycles. The van der Waals surface area contributed by atoms with Crippen molar-refractivity contribution in [3.63, 3.8) is 0 Å². The van der Waals surface area contributed by atoms with Gasteiger partial charge in [0.15, 0.2) is 0 Å². The van der Waals surface area contributed by atoms with Crippen LogP contribution in [0.1, 0.15) is 37.7 Å². The maximum atomic E-state index is 6.36. The molecule has 1 aliphatic carbocycles. The molecule has 0 amide bonds. The summed E-state index contributed by atoms with van der Waals surface area (Å²) in [6, 6.07) is 5.84. The SMILES string of the molecule is CNCC1CCC(C)CC1c1cc(Cl)ccc1Cl. The van der Waals surface area contributed by atoms with E-state index in [9.17, 15) is 0 Å². The molecule has 1 aliphatic rings. The van der Waals surface area contributed by atoms with Gasteiger partial charge in [0.2, 0.25) is 0 Å². The Morgan fingerprint density at radius 1 is 1.28 bits per heavy atom. The van der Waals surface area contributed by atoms with Crippen LogP contribution in [0.4, 0.5) is 0 Å². The van der Waals surface area contributed by atoms with Gasteiger partial charge in [-0.15, -0.1) is 0 Å². The molecular formula is C15H21Cl2N. The second kappa shape index (κ2) is 6.27. The van der Waals surface area contributed by atoms with Gasteiger partial charge in [0.05, 0.1) is 0 Å². The molecular weight excluding hydrogens is 265 g/mol. The van der Waals surface area contributed by atoms with Gasteiger partial charge in [-0.2, -0.15) is 0 Å². The Bertz CT molecular complexity index is 405. The Balaban J connectivity index is 2.28. The number of hydrogen-bond donors (Lipinski definition) is 1. The molecule has 3 atom stereocenters. The highest BCUT2D eigenvalue weighted by Crippen LogP contribution is 2.43. The van der Waals surface area contributed by atoms with E-state index in [1.165, 1.54) is 24.8 Å². The molecule has 0 saturated heterocycles. The molecule has 1 nitrogen and oxygen atoms in total. The molecule has 2 rings (SSSR count). The minimum absolute atomic E-state index is 0.535. The number of rotatable bonds is 3. The van der Waals surface area contributed by atoms with E-state index in [1.54, 1.807) is 0 Å². The zero-order chi connectivity index (χ0) is 13.1. The van der Waals surface area contributed by atoms with Gasteiger partial charge in [-0.1, -0.05) is 36.5 Å². The molecule has 0 spiro atoms. The minimum Gasteiger partial charge on any atom is -0.319 e. The van der Waals surface area contributed by atoms with Gasteiger partial charge in [0.25, 0.3) is 0 Å². The van der Waals surface area contributed by atoms with Crippen molar-refractivity contribution in [3.05, 3.63) is 33.8 Å². The van der Waals surface area contributed by atoms with Crippen LogP contribution in [0.25, 0.3) is 0 Å². The smallest absolute Gasteiger partial charge is 0.0441 e. The Morgan fingerprint density at radius 3 is 2.78 bits per heavy atom. The summed E-state index contributed by atoms with van der Waals surface area (Å²) in [4.78, 5) is 0. The molecule has 1 fully saturated rings. The van der Waals surface area contributed by atoms with E-state index in [4.69, 9.17) is 23.2 Å². The molecule has 3 unspecified atom stereocenters. The summed E-state index contributed by atoms with van der Waals surface area (Å²) in [7, 11) is 2.02. The second-order valence-electron chi connectivity index (χ2n) is 5.51. The third-order valence-corrected chi connectivity index (χ3v) is 4.66. The minimum atomic E-state index is 0.535. The van der Waals surface area contributed by atoms with Crippen molar-refractivity contribution in [2.24, 2.45) is 11.8 Å². The lowest BCUT2D eigenvalue weighted by Gasteiger charge is -2.35. The summed E-state index contributed by atoms with van der Waals surface area (Å²) in [5, 5.41) is 4.96. The maximum Gasteiger partial charge on any atom is 0.0441 e. The Hall–Kier alpha value is -0.240. The summed E-state index contributed by atoms with van der Waals surface area (Å²) in [5.74, 6) is 1.98. The summed E-state index contributed by atoms with van der Waals surface area (Å²) in [5.41, 5.74) is 1.23. The highest BCUT2D eigenvalue weighted by molar-refractivity contribution is 6.33. The predicted molar refractivity (Wildman–Crippen MR) is 79.6 cm³/mol. The standard InChI is InChI=1S/C15H21Cl2N/c1-10-3-4-11(9-18-2)13(7-10)14-8-12(16)5-6-15(14)17/h5-6,8,10-11,13,18H,3-4,7,9H2,1-2H3. The van der Waals surface area contributed by atoms with Crippen molar-refractivity contribution in [2.45, 2.75) is 32.1 Å². The van der Waals surface area contributed by atoms with Crippen molar-refractivity contribution in [3.8, 4) is 0 Å². The average molecular weight is 286 g/mol. The first kappa shape index (κ1) is 14.2. The number of halogens is 2. The predicted octanol–water partition coefficient (Wildman–Crippen LogP) is 4.73. The van der Waals surface area contributed by atoms with Gasteiger partial charge in [0, 0.05) is 10.0 Å². The van der Waals surface area contributed by atoms with Gasteiger partial charge < -0.3 is 5.32 Å². The lowest BCUT2D eigenvalue weighted by Crippen LogP contribution is -2.30. The highest BCUT2D eigenvalue weighted by Gasteiger charge is 2.30. The molecule has 0 aliphatic heterocycles. The van der Waals surface area contributed by atoms with E-state index in [0.717, 1.165) is 22.5 Å². The largest absolute Gasteiger partial charge is 0.319 e. The van der Waals surface area contributed by atoms with Crippen LogP contribution in [0.15, 0.2) is 18.2 Å². The second-order valence-corrected chi connectivity index (χ2v) is 6.35. The quantitative estimate of drug-likeness (QED) is 0.846. The fourth-order valence-corrected chi connectivity index (χ4v) is 3.57. The van der Waals surface area contributed by atoms with E-state index >= 15 is 0 Å². The van der Waals surface area contributed by atoms with Gasteiger partial charge in [-0.3, -0.25) is 0 Å². The summed E-state index contributed by atoms with van der Waals surface area (Å²) >= 11 is 12.5. The molecule has 0 heterocycles. The van der Waals surface area contributed by atoms with E-state index in [2.05, 4.69) is 18.3 Å². The lowest BCUT2D eigenvalue weighted by atomic mass is 9.71. The van der Waals surface area contributed by atoms with E-state index in [-0.39, 0.29) is 0 Å². The van der Waals surface area contributed by atoms with Crippen molar-refractivity contribution in [1.82, 2.24) is 5.32 Å². The van der Waals surface area contributed by atoms with Gasteiger partial charge in [0.1, 0.15) is 0 Å². The zero-order valence-corrected chi connectivity index (χ0v) is 12.6. The Kier molecular flexibility index (Phi) is 4.94. The van der Waals surface area contributed by atoms with Crippen LogP contribution in [-0.4, -0.2) is 13.6 Å². The number of hydrogen-bond acceptors (Lipinski definition) is 1. The molecule has 18 heavy (non-hydrogen) atoms. The van der Waals surface area contributed by atoms with Gasteiger partial charge in [-0.25, -0.2) is 0 Å². The van der Waals surface area contributed by atoms with E-state index in [0.29, 0.717) is 11.8 Å². The van der Waals surface area contributed by atoms with Crippen LogP contribution >= 0.6 is 23.2 Å². The normalized spacial score (nSPS) is 28.3. The fraction of sp³-hybridized carbons (Fsp3) is 0.600. The monoisotopic (exact) mass is 285 g/mol. The van der Waals surface area contributed by atoms with Gasteiger partial charge in [-0.05, 0) is 68.0 Å². The summed E-state index contributed by atoms with van der Waals surface area (Å²) in [6.45, 7) is 3.39. The molecule has 1 saturated carbocycles. The molecule has 3 heteroatoms. The van der Waals surface area contributed by atoms with Crippen LogP contribution in [0, 0.1) is 11.8 Å². The third kappa shape index (κ3) is 3.20. The average Bonchev–Trinajstić information content (AvgIpc) is 2.35. The summed E-state index contributed by atoms with van der Waals surface area (Å²) < 4.78 is 0. The fourth-order valence-electron chi connectivity index (χ4n) is 3.13. The zero-order valence-electron chi connectivity index (χ0n) is 11.0. The van der Waals surface area contributed by atoms with E-state index < -0.39 is 0 Å². The highest BCUT2D eigenvalue weighted by atomic mass is 35.5. The summed E-state index contributed by atoms with van der Waals surface area (Å²) in [6.07, 6.45) is 3.81. The molecule has 0 radical (unpaired) electrons. The van der Waals surface area contributed by atoms with Gasteiger partial charge >= 0.3 is 0 Å². The van der Waals surface area contributed by atoms with Crippen LogP contribution < -0.4 is 5.32 Å². The Morgan fingerprint density at radius 2 is 2.06 bits per heavy atom. The molecule has 0 bridgehead atoms.